The van der Waals surface area contributed by atoms with Gasteiger partial charge in [-0.2, -0.15) is 0 Å². The van der Waals surface area contributed by atoms with Gasteiger partial charge >= 0.3 is 0 Å². The van der Waals surface area contributed by atoms with Crippen LogP contribution in [-0.2, 0) is 0 Å². The Hall–Kier alpha value is -1.38. The van der Waals surface area contributed by atoms with E-state index in [1.807, 2.05) is 27.7 Å². The molecule has 0 aliphatic rings. The summed E-state index contributed by atoms with van der Waals surface area (Å²) in [5.74, 6) is 0.0305. The van der Waals surface area contributed by atoms with Gasteiger partial charge in [0.05, 0.1) is 6.54 Å². The molecule has 1 amide bonds. The monoisotopic (exact) mass is 450 g/mol. The van der Waals surface area contributed by atoms with Crippen molar-refractivity contribution in [2.24, 2.45) is 4.99 Å². The second kappa shape index (κ2) is 10.5. The molecule has 0 aromatic heterocycles. The summed E-state index contributed by atoms with van der Waals surface area (Å²) in [6, 6.07) is 4.46. The van der Waals surface area contributed by atoms with Crippen molar-refractivity contribution in [1.29, 1.82) is 0 Å². The summed E-state index contributed by atoms with van der Waals surface area (Å²) in [5, 5.41) is 9.15. The Bertz CT molecular complexity index is 570. The van der Waals surface area contributed by atoms with E-state index in [1.54, 1.807) is 19.1 Å². The molecule has 0 saturated carbocycles. The summed E-state index contributed by atoms with van der Waals surface area (Å²) in [6.45, 7) is 11.4. The molecule has 0 radical (unpaired) electrons. The number of aliphatic imine (C=N–C) groups is 1. The number of hydrogen-bond donors (Lipinski definition) is 3. The minimum absolute atomic E-state index is 0. The van der Waals surface area contributed by atoms with Crippen molar-refractivity contribution in [3.8, 4) is 0 Å². The zero-order valence-corrected chi connectivity index (χ0v) is 17.3. The second-order valence-electron chi connectivity index (χ2n) is 6.36. The Kier molecular flexibility index (Phi) is 9.88. The van der Waals surface area contributed by atoms with Gasteiger partial charge in [0, 0.05) is 24.2 Å². The van der Waals surface area contributed by atoms with Gasteiger partial charge in [-0.15, -0.1) is 24.0 Å². The minimum atomic E-state index is -0.375. The molecule has 1 aromatic rings. The molecule has 0 spiro atoms. The standard InChI is InChI=1S/C17H27FN4O.HI/c1-6-19-16(22-17(3,4)5)21-10-9-20-15(23)13-8-7-12(2)14(18)11-13;/h7-8,11H,6,9-10H2,1-5H3,(H,20,23)(H2,19,21,22);1H. The fourth-order valence-electron chi connectivity index (χ4n) is 1.84. The van der Waals surface area contributed by atoms with E-state index < -0.39 is 0 Å². The molecular formula is C17H28FIN4O. The zero-order valence-electron chi connectivity index (χ0n) is 15.0. The van der Waals surface area contributed by atoms with Crippen LogP contribution in [0.5, 0.6) is 0 Å². The van der Waals surface area contributed by atoms with Crippen LogP contribution in [0, 0.1) is 12.7 Å². The van der Waals surface area contributed by atoms with E-state index in [1.165, 1.54) is 6.07 Å². The Morgan fingerprint density at radius 2 is 1.92 bits per heavy atom. The van der Waals surface area contributed by atoms with E-state index in [2.05, 4.69) is 20.9 Å². The van der Waals surface area contributed by atoms with Crippen LogP contribution in [0.3, 0.4) is 0 Å². The van der Waals surface area contributed by atoms with Gasteiger partial charge < -0.3 is 16.0 Å². The number of carbonyl (C=O) groups excluding carboxylic acids is 1. The van der Waals surface area contributed by atoms with E-state index in [0.717, 1.165) is 6.54 Å². The molecule has 0 unspecified atom stereocenters. The van der Waals surface area contributed by atoms with E-state index in [4.69, 9.17) is 0 Å². The number of halogens is 2. The highest BCUT2D eigenvalue weighted by atomic mass is 127. The maximum Gasteiger partial charge on any atom is 0.251 e. The number of benzene rings is 1. The van der Waals surface area contributed by atoms with Crippen molar-refractivity contribution in [1.82, 2.24) is 16.0 Å². The first-order chi connectivity index (χ1) is 10.7. The van der Waals surface area contributed by atoms with Gasteiger partial charge in [-0.25, -0.2) is 4.39 Å². The van der Waals surface area contributed by atoms with Crippen molar-refractivity contribution in [3.05, 3.63) is 35.1 Å². The maximum absolute atomic E-state index is 13.5. The van der Waals surface area contributed by atoms with Crippen molar-refractivity contribution >= 4 is 35.8 Å². The molecule has 0 heterocycles. The number of rotatable bonds is 5. The van der Waals surface area contributed by atoms with E-state index in [0.29, 0.717) is 30.2 Å². The average Bonchev–Trinajstić information content (AvgIpc) is 2.44. The van der Waals surface area contributed by atoms with Crippen LogP contribution in [0.2, 0.25) is 0 Å². The molecule has 0 saturated heterocycles. The first-order valence-electron chi connectivity index (χ1n) is 7.84. The molecular weight excluding hydrogens is 422 g/mol. The SMILES string of the molecule is CCNC(=NCCNC(=O)c1ccc(C)c(F)c1)NC(C)(C)C.I. The van der Waals surface area contributed by atoms with Crippen LogP contribution >= 0.6 is 24.0 Å². The highest BCUT2D eigenvalue weighted by Gasteiger charge is 2.11. The van der Waals surface area contributed by atoms with Gasteiger partial charge in [-0.05, 0) is 52.3 Å². The fourth-order valence-corrected chi connectivity index (χ4v) is 1.84. The molecule has 0 fully saturated rings. The number of nitrogens with zero attached hydrogens (tertiary/aromatic N) is 1. The Morgan fingerprint density at radius 3 is 2.46 bits per heavy atom. The smallest absolute Gasteiger partial charge is 0.251 e. The lowest BCUT2D eigenvalue weighted by Crippen LogP contribution is -2.47. The molecule has 0 atom stereocenters. The first kappa shape index (κ1) is 22.6. The molecule has 5 nitrogen and oxygen atoms in total. The molecule has 136 valence electrons. The van der Waals surface area contributed by atoms with Gasteiger partial charge in [0.15, 0.2) is 5.96 Å². The van der Waals surface area contributed by atoms with Crippen LogP contribution in [0.15, 0.2) is 23.2 Å². The van der Waals surface area contributed by atoms with Gasteiger partial charge in [-0.1, -0.05) is 6.07 Å². The first-order valence-corrected chi connectivity index (χ1v) is 7.84. The van der Waals surface area contributed by atoms with Crippen molar-refractivity contribution in [2.75, 3.05) is 19.6 Å². The lowest BCUT2D eigenvalue weighted by molar-refractivity contribution is 0.0954. The molecule has 0 aliphatic heterocycles. The average molecular weight is 450 g/mol. The summed E-state index contributed by atoms with van der Waals surface area (Å²) in [6.07, 6.45) is 0. The zero-order chi connectivity index (χ0) is 17.5. The fraction of sp³-hybridized carbons (Fsp3) is 0.529. The van der Waals surface area contributed by atoms with Crippen LogP contribution in [0.1, 0.15) is 43.6 Å². The summed E-state index contributed by atoms with van der Waals surface area (Å²) in [5.41, 5.74) is 0.746. The van der Waals surface area contributed by atoms with Crippen molar-refractivity contribution < 1.29 is 9.18 Å². The number of amides is 1. The molecule has 3 N–H and O–H groups in total. The quantitative estimate of drug-likeness (QED) is 0.280. The van der Waals surface area contributed by atoms with Gasteiger partial charge in [0.2, 0.25) is 0 Å². The topological polar surface area (TPSA) is 65.5 Å². The van der Waals surface area contributed by atoms with Crippen LogP contribution < -0.4 is 16.0 Å². The van der Waals surface area contributed by atoms with Gasteiger partial charge in [0.25, 0.3) is 5.91 Å². The molecule has 7 heteroatoms. The number of carbonyl (C=O) groups is 1. The molecule has 1 aromatic carbocycles. The highest BCUT2D eigenvalue weighted by Crippen LogP contribution is 2.08. The predicted molar refractivity (Wildman–Crippen MR) is 108 cm³/mol. The van der Waals surface area contributed by atoms with Crippen molar-refractivity contribution in [2.45, 2.75) is 40.2 Å². The minimum Gasteiger partial charge on any atom is -0.357 e. The number of nitrogens with one attached hydrogen (secondary N) is 3. The maximum atomic E-state index is 13.5. The lowest BCUT2D eigenvalue weighted by atomic mass is 10.1. The Labute approximate surface area is 160 Å². The van der Waals surface area contributed by atoms with Crippen LogP contribution in [-0.4, -0.2) is 37.0 Å². The lowest BCUT2D eigenvalue weighted by Gasteiger charge is -2.23. The third-order valence-electron chi connectivity index (χ3n) is 2.94. The Balaban J connectivity index is 0.00000529. The van der Waals surface area contributed by atoms with Crippen molar-refractivity contribution in [3.63, 3.8) is 0 Å². The Morgan fingerprint density at radius 1 is 1.25 bits per heavy atom. The predicted octanol–water partition coefficient (Wildman–Crippen LogP) is 2.84. The summed E-state index contributed by atoms with van der Waals surface area (Å²) < 4.78 is 13.5. The second-order valence-corrected chi connectivity index (χ2v) is 6.36. The number of aryl methyl sites for hydroxylation is 1. The molecule has 0 bridgehead atoms. The van der Waals surface area contributed by atoms with Crippen LogP contribution in [0.25, 0.3) is 0 Å². The number of guanidine groups is 1. The molecule has 0 aliphatic carbocycles. The molecule has 1 rings (SSSR count). The summed E-state index contributed by atoms with van der Waals surface area (Å²) >= 11 is 0. The normalized spacial score (nSPS) is 11.5. The van der Waals surface area contributed by atoms with E-state index in [9.17, 15) is 9.18 Å². The third-order valence-corrected chi connectivity index (χ3v) is 2.94. The third kappa shape index (κ3) is 8.47. The van der Waals surface area contributed by atoms with E-state index >= 15 is 0 Å². The van der Waals surface area contributed by atoms with Crippen LogP contribution in [0.4, 0.5) is 4.39 Å². The summed E-state index contributed by atoms with van der Waals surface area (Å²) in [7, 11) is 0. The van der Waals surface area contributed by atoms with Gasteiger partial charge in [0.1, 0.15) is 5.82 Å². The van der Waals surface area contributed by atoms with Gasteiger partial charge in [-0.3, -0.25) is 9.79 Å². The number of hydrogen-bond acceptors (Lipinski definition) is 2. The highest BCUT2D eigenvalue weighted by molar-refractivity contribution is 14.0. The largest absolute Gasteiger partial charge is 0.357 e. The summed E-state index contributed by atoms with van der Waals surface area (Å²) in [4.78, 5) is 16.4. The molecule has 24 heavy (non-hydrogen) atoms. The van der Waals surface area contributed by atoms with E-state index in [-0.39, 0.29) is 41.2 Å².